The van der Waals surface area contributed by atoms with E-state index in [0.29, 0.717) is 21.8 Å². The Labute approximate surface area is 301 Å². The van der Waals surface area contributed by atoms with Gasteiger partial charge in [0.25, 0.3) is 5.91 Å². The van der Waals surface area contributed by atoms with Crippen LogP contribution < -0.4 is 10.2 Å². The van der Waals surface area contributed by atoms with Crippen molar-refractivity contribution in [2.24, 2.45) is 0 Å². The number of hydrogen-bond acceptors (Lipinski definition) is 4. The van der Waals surface area contributed by atoms with Crippen molar-refractivity contribution < 1.29 is 4.79 Å². The lowest BCUT2D eigenvalue weighted by Gasteiger charge is -2.42. The predicted molar refractivity (Wildman–Crippen MR) is 204 cm³/mol. The van der Waals surface area contributed by atoms with Gasteiger partial charge in [0, 0.05) is 64.3 Å². The molecule has 7 nitrogen and oxygen atoms in total. The summed E-state index contributed by atoms with van der Waals surface area (Å²) in [4.78, 5) is 28.2. The molecule has 2 N–H and O–H groups in total. The summed E-state index contributed by atoms with van der Waals surface area (Å²) in [6.07, 6.45) is 8.57. The summed E-state index contributed by atoms with van der Waals surface area (Å²) in [6, 6.07) is 30.6. The van der Waals surface area contributed by atoms with E-state index in [4.69, 9.17) is 28.2 Å². The number of nitrogens with zero attached hydrogens (tertiary/aromatic N) is 4. The number of carbonyl (C=O) groups is 1. The lowest BCUT2D eigenvalue weighted by Crippen LogP contribution is -2.51. The zero-order valence-electron chi connectivity index (χ0n) is 27.7. The molecule has 1 unspecified atom stereocenters. The molecule has 9 heteroatoms. The summed E-state index contributed by atoms with van der Waals surface area (Å²) >= 11 is 13.1. The summed E-state index contributed by atoms with van der Waals surface area (Å²) in [7, 11) is 0. The molecule has 4 aromatic carbocycles. The van der Waals surface area contributed by atoms with E-state index < -0.39 is 0 Å². The van der Waals surface area contributed by atoms with Crippen LogP contribution in [0, 0.1) is 0 Å². The van der Waals surface area contributed by atoms with Crippen molar-refractivity contribution in [1.82, 2.24) is 19.4 Å². The maximum Gasteiger partial charge on any atom is 0.272 e. The van der Waals surface area contributed by atoms with Gasteiger partial charge < -0.3 is 19.8 Å². The normalized spacial score (nSPS) is 18.0. The van der Waals surface area contributed by atoms with Crippen molar-refractivity contribution >= 4 is 51.4 Å². The summed E-state index contributed by atoms with van der Waals surface area (Å²) in [5.74, 6) is -0.205. The molecule has 0 radical (unpaired) electrons. The molecular formula is C41H38Cl2N6O. The molecule has 1 atom stereocenters. The van der Waals surface area contributed by atoms with Crippen LogP contribution in [0.2, 0.25) is 10.0 Å². The number of anilines is 2. The number of aromatic amines is 1. The number of aromatic nitrogens is 3. The van der Waals surface area contributed by atoms with Crippen molar-refractivity contribution in [3.8, 4) is 22.5 Å². The zero-order chi connectivity index (χ0) is 33.8. The van der Waals surface area contributed by atoms with Gasteiger partial charge in [-0.05, 0) is 60.4 Å². The van der Waals surface area contributed by atoms with Crippen LogP contribution in [0.5, 0.6) is 0 Å². The molecule has 6 aromatic rings. The number of H-pyrrole nitrogens is 1. The second-order valence-electron chi connectivity index (χ2n) is 13.7. The molecule has 2 aromatic heterocycles. The van der Waals surface area contributed by atoms with Crippen LogP contribution in [0.3, 0.4) is 0 Å². The van der Waals surface area contributed by atoms with Gasteiger partial charge in [-0.3, -0.25) is 9.69 Å². The Balaban J connectivity index is 1.12. The molecule has 1 saturated carbocycles. The molecule has 3 aliphatic rings. The van der Waals surface area contributed by atoms with Crippen LogP contribution in [-0.4, -0.2) is 57.6 Å². The number of imidazole rings is 1. The molecule has 9 rings (SSSR count). The van der Waals surface area contributed by atoms with Crippen LogP contribution in [-0.2, 0) is 0 Å². The number of amides is 1. The Morgan fingerprint density at radius 1 is 0.820 bits per heavy atom. The molecule has 2 aliphatic heterocycles. The number of carbonyl (C=O) groups excluding carboxylic acids is 1. The summed E-state index contributed by atoms with van der Waals surface area (Å²) < 4.78 is 2.17. The van der Waals surface area contributed by atoms with Gasteiger partial charge in [-0.25, -0.2) is 4.98 Å². The molecule has 50 heavy (non-hydrogen) atoms. The molecule has 1 aliphatic carbocycles. The van der Waals surface area contributed by atoms with E-state index in [1.54, 1.807) is 0 Å². The van der Waals surface area contributed by atoms with Gasteiger partial charge in [0.2, 0.25) is 0 Å². The SMILES string of the molecule is O=C(Nc1ccccc1N1CCN(C2CCCCC2)CC1)c1[nH]c2cc(Cl)cc3c2c1-c1c(-c2ccccc2)ncn1C3c1ccc(Cl)cc1. The average molecular weight is 702 g/mol. The standard InChI is InChI=1S/C41H38Cl2N6O/c42-28-17-15-27(16-18-28)39-31-23-29(43)24-33-35(31)36(40-37(44-25-49(39)40)26-9-3-1-4-10-26)38(45-33)41(50)46-32-13-7-8-14-34(32)48-21-19-47(20-22-48)30-11-5-2-6-12-30/h1,3-4,7-10,13-18,23-25,30,39,45H,2,5-6,11-12,19-22H2,(H,46,50). The number of para-hydroxylation sites is 2. The third-order valence-electron chi connectivity index (χ3n) is 10.9. The summed E-state index contributed by atoms with van der Waals surface area (Å²) in [6.45, 7) is 3.97. The van der Waals surface area contributed by atoms with E-state index in [2.05, 4.69) is 48.9 Å². The van der Waals surface area contributed by atoms with Crippen LogP contribution in [0.4, 0.5) is 11.4 Å². The Kier molecular flexibility index (Phi) is 8.15. The van der Waals surface area contributed by atoms with Gasteiger partial charge in [0.05, 0.1) is 35.1 Å². The smallest absolute Gasteiger partial charge is 0.272 e. The first-order valence-electron chi connectivity index (χ1n) is 17.7. The van der Waals surface area contributed by atoms with Crippen molar-refractivity contribution in [1.29, 1.82) is 0 Å². The second kappa shape index (κ2) is 13.0. The van der Waals surface area contributed by atoms with E-state index in [0.717, 1.165) is 82.1 Å². The fourth-order valence-corrected chi connectivity index (χ4v) is 8.86. The Morgan fingerprint density at radius 2 is 1.56 bits per heavy atom. The first-order valence-corrected chi connectivity index (χ1v) is 18.4. The Bertz CT molecular complexity index is 2190. The van der Waals surface area contributed by atoms with Gasteiger partial charge in [0.15, 0.2) is 0 Å². The topological polar surface area (TPSA) is 69.2 Å². The minimum absolute atomic E-state index is 0.205. The minimum Gasteiger partial charge on any atom is -0.367 e. The van der Waals surface area contributed by atoms with Crippen LogP contribution in [0.1, 0.15) is 59.8 Å². The molecule has 2 fully saturated rings. The maximum absolute atomic E-state index is 14.6. The number of halogens is 2. The van der Waals surface area contributed by atoms with E-state index >= 15 is 0 Å². The van der Waals surface area contributed by atoms with Crippen molar-refractivity contribution in [3.63, 3.8) is 0 Å². The maximum atomic E-state index is 14.6. The number of hydrogen-bond donors (Lipinski definition) is 2. The van der Waals surface area contributed by atoms with E-state index in [9.17, 15) is 4.79 Å². The van der Waals surface area contributed by atoms with Gasteiger partial charge in [-0.15, -0.1) is 0 Å². The number of rotatable bonds is 6. The van der Waals surface area contributed by atoms with E-state index in [-0.39, 0.29) is 11.9 Å². The fourth-order valence-electron chi connectivity index (χ4n) is 8.51. The third kappa shape index (κ3) is 5.48. The Morgan fingerprint density at radius 3 is 2.34 bits per heavy atom. The van der Waals surface area contributed by atoms with Gasteiger partial charge in [0.1, 0.15) is 5.69 Å². The number of benzene rings is 4. The fraction of sp³-hybridized carbons (Fsp3) is 0.268. The lowest BCUT2D eigenvalue weighted by atomic mass is 9.88. The highest BCUT2D eigenvalue weighted by Crippen LogP contribution is 2.50. The summed E-state index contributed by atoms with van der Waals surface area (Å²) in [5.41, 5.74) is 8.70. The van der Waals surface area contributed by atoms with Crippen molar-refractivity contribution in [3.05, 3.63) is 124 Å². The monoisotopic (exact) mass is 700 g/mol. The molecule has 4 heterocycles. The molecule has 252 valence electrons. The largest absolute Gasteiger partial charge is 0.367 e. The van der Waals surface area contributed by atoms with Gasteiger partial charge in [-0.2, -0.15) is 0 Å². The molecule has 1 saturated heterocycles. The zero-order valence-corrected chi connectivity index (χ0v) is 29.2. The second-order valence-corrected chi connectivity index (χ2v) is 14.6. The van der Waals surface area contributed by atoms with Crippen LogP contribution in [0.25, 0.3) is 33.4 Å². The third-order valence-corrected chi connectivity index (χ3v) is 11.3. The molecule has 0 spiro atoms. The predicted octanol–water partition coefficient (Wildman–Crippen LogP) is 9.66. The lowest BCUT2D eigenvalue weighted by molar-refractivity contribution is 0.102. The Hall–Kier alpha value is -4.56. The summed E-state index contributed by atoms with van der Waals surface area (Å²) in [5, 5.41) is 5.55. The number of nitrogens with one attached hydrogen (secondary N) is 2. The van der Waals surface area contributed by atoms with Crippen molar-refractivity contribution in [2.45, 2.75) is 44.2 Å². The van der Waals surface area contributed by atoms with Gasteiger partial charge in [-0.1, -0.05) is 97.1 Å². The number of piperazine rings is 1. The van der Waals surface area contributed by atoms with E-state index in [1.165, 1.54) is 32.1 Å². The molecule has 0 bridgehead atoms. The van der Waals surface area contributed by atoms with Crippen LogP contribution >= 0.6 is 23.2 Å². The highest BCUT2D eigenvalue weighted by Gasteiger charge is 2.36. The first-order chi connectivity index (χ1) is 24.5. The minimum atomic E-state index is -0.222. The van der Waals surface area contributed by atoms with Gasteiger partial charge >= 0.3 is 0 Å². The number of fused-ring (bicyclic) bond motifs is 2. The van der Waals surface area contributed by atoms with E-state index in [1.807, 2.05) is 73.1 Å². The quantitative estimate of drug-likeness (QED) is 0.181. The van der Waals surface area contributed by atoms with Crippen LogP contribution in [0.15, 0.2) is 97.3 Å². The highest BCUT2D eigenvalue weighted by molar-refractivity contribution is 6.32. The highest BCUT2D eigenvalue weighted by atomic mass is 35.5. The van der Waals surface area contributed by atoms with Crippen molar-refractivity contribution in [2.75, 3.05) is 36.4 Å². The molecular weight excluding hydrogens is 663 g/mol. The average Bonchev–Trinajstić information content (AvgIpc) is 3.76. The molecule has 1 amide bonds. The first kappa shape index (κ1) is 31.4.